The van der Waals surface area contributed by atoms with Gasteiger partial charge >= 0.3 is 0 Å². The van der Waals surface area contributed by atoms with E-state index in [1.165, 1.54) is 0 Å². The van der Waals surface area contributed by atoms with Crippen LogP contribution in [0.5, 0.6) is 0 Å². The molecular formula is C71H45N9. The molecule has 0 saturated heterocycles. The summed E-state index contributed by atoms with van der Waals surface area (Å²) < 4.78 is 8.94. The summed E-state index contributed by atoms with van der Waals surface area (Å²) in [7, 11) is 0. The van der Waals surface area contributed by atoms with Gasteiger partial charge in [0.1, 0.15) is 0 Å². The van der Waals surface area contributed by atoms with Crippen molar-refractivity contribution in [1.82, 2.24) is 43.2 Å². The summed E-state index contributed by atoms with van der Waals surface area (Å²) in [6.07, 6.45) is 4.31. The minimum absolute atomic E-state index is 0.556. The van der Waals surface area contributed by atoms with Gasteiger partial charge in [-0.15, -0.1) is 0 Å². The monoisotopic (exact) mass is 1020 g/mol. The average Bonchev–Trinajstić information content (AvgIpc) is 4.32. The Balaban J connectivity index is 0.775. The summed E-state index contributed by atoms with van der Waals surface area (Å²) in [5.74, 6) is 2.38. The molecule has 9 nitrogen and oxygen atoms in total. The third-order valence-corrected chi connectivity index (χ3v) is 15.5. The van der Waals surface area contributed by atoms with E-state index in [0.29, 0.717) is 23.5 Å². The molecule has 10 aromatic carbocycles. The fraction of sp³-hybridized carbons (Fsp3) is 0. The smallest absolute Gasteiger partial charge is 0.238 e. The number of para-hydroxylation sites is 3. The van der Waals surface area contributed by atoms with Crippen LogP contribution in [0.1, 0.15) is 0 Å². The predicted molar refractivity (Wildman–Crippen MR) is 325 cm³/mol. The minimum atomic E-state index is 0.556. The summed E-state index contributed by atoms with van der Waals surface area (Å²) in [4.78, 5) is 26.3. The second kappa shape index (κ2) is 18.3. The molecule has 0 aliphatic rings. The topological polar surface area (TPSA) is 84.2 Å². The maximum absolute atomic E-state index is 5.33. The molecule has 16 rings (SSSR count). The molecule has 0 fully saturated rings. The Kier molecular flexibility index (Phi) is 10.4. The largest absolute Gasteiger partial charge is 0.317 e. The van der Waals surface area contributed by atoms with Crippen LogP contribution in [-0.2, 0) is 0 Å². The minimum Gasteiger partial charge on any atom is -0.317 e. The van der Waals surface area contributed by atoms with Crippen molar-refractivity contribution in [3.8, 4) is 79.7 Å². The highest BCUT2D eigenvalue weighted by Gasteiger charge is 2.22. The van der Waals surface area contributed by atoms with Gasteiger partial charge in [0.05, 0.1) is 44.5 Å². The Labute approximate surface area is 459 Å². The molecule has 9 heteroatoms. The Hall–Kier alpha value is -11.0. The number of aromatic nitrogens is 9. The molecule has 16 aromatic rings. The predicted octanol–water partition coefficient (Wildman–Crippen LogP) is 17.1. The lowest BCUT2D eigenvalue weighted by molar-refractivity contribution is 0.954. The zero-order valence-corrected chi connectivity index (χ0v) is 43.0. The molecule has 0 saturated carbocycles. The average molecular weight is 1020 g/mol. The molecule has 0 aliphatic carbocycles. The SMILES string of the molecule is c1ccc(-c2cc(-c3ccccc3)nc(-n3c4ccccc4c4cc5c(ccn5-c5ccc(-c6cccc(-c7nc(-c8ccccc8)nc(-n8c9ccccc9c9cc%10c(ccn%10-c%10ccccc%10)cc98)n7)c6)cc5)cc43)n2)cc1. The Bertz CT molecular complexity index is 4980. The molecule has 6 heterocycles. The lowest BCUT2D eigenvalue weighted by Crippen LogP contribution is -2.06. The number of hydrogen-bond donors (Lipinski definition) is 0. The first kappa shape index (κ1) is 45.2. The second-order valence-corrected chi connectivity index (χ2v) is 20.2. The number of rotatable bonds is 9. The molecule has 80 heavy (non-hydrogen) atoms. The molecule has 6 aromatic heterocycles. The fourth-order valence-electron chi connectivity index (χ4n) is 11.7. The maximum atomic E-state index is 5.33. The van der Waals surface area contributed by atoms with E-state index in [0.717, 1.165) is 122 Å². The van der Waals surface area contributed by atoms with Crippen LogP contribution in [0.2, 0.25) is 0 Å². The zero-order valence-electron chi connectivity index (χ0n) is 43.0. The highest BCUT2D eigenvalue weighted by atomic mass is 15.2. The molecule has 0 unspecified atom stereocenters. The van der Waals surface area contributed by atoms with Crippen molar-refractivity contribution in [1.29, 1.82) is 0 Å². The van der Waals surface area contributed by atoms with Crippen molar-refractivity contribution in [2.45, 2.75) is 0 Å². The number of hydrogen-bond acceptors (Lipinski definition) is 5. The third kappa shape index (κ3) is 7.51. The van der Waals surface area contributed by atoms with Crippen LogP contribution >= 0.6 is 0 Å². The van der Waals surface area contributed by atoms with Crippen LogP contribution in [0, 0.1) is 0 Å². The van der Waals surface area contributed by atoms with Crippen molar-refractivity contribution in [3.05, 3.63) is 273 Å². The van der Waals surface area contributed by atoms with Gasteiger partial charge in [0.2, 0.25) is 11.9 Å². The van der Waals surface area contributed by atoms with E-state index in [2.05, 4.69) is 261 Å². The van der Waals surface area contributed by atoms with Crippen LogP contribution in [0.3, 0.4) is 0 Å². The first-order valence-corrected chi connectivity index (χ1v) is 26.8. The van der Waals surface area contributed by atoms with E-state index in [4.69, 9.17) is 24.9 Å². The van der Waals surface area contributed by atoms with Gasteiger partial charge < -0.3 is 9.13 Å². The molecule has 0 radical (unpaired) electrons. The highest BCUT2D eigenvalue weighted by molar-refractivity contribution is 6.14. The van der Waals surface area contributed by atoms with Crippen LogP contribution in [-0.4, -0.2) is 43.2 Å². The quantitative estimate of drug-likeness (QED) is 0.144. The molecule has 0 amide bonds. The van der Waals surface area contributed by atoms with Gasteiger partial charge in [0.25, 0.3) is 0 Å². The van der Waals surface area contributed by atoms with E-state index in [1.54, 1.807) is 0 Å². The number of nitrogens with zero attached hydrogens (tertiary/aromatic N) is 9. The maximum Gasteiger partial charge on any atom is 0.238 e. The molecule has 0 N–H and O–H groups in total. The zero-order chi connectivity index (χ0) is 52.7. The van der Waals surface area contributed by atoms with Gasteiger partial charge in [0.15, 0.2) is 11.6 Å². The molecule has 0 spiro atoms. The van der Waals surface area contributed by atoms with Crippen LogP contribution in [0.25, 0.3) is 145 Å². The Morgan fingerprint density at radius 3 is 1.23 bits per heavy atom. The van der Waals surface area contributed by atoms with Crippen molar-refractivity contribution in [3.63, 3.8) is 0 Å². The molecule has 0 aliphatic heterocycles. The van der Waals surface area contributed by atoms with E-state index in [-0.39, 0.29) is 0 Å². The summed E-state index contributed by atoms with van der Waals surface area (Å²) in [6.45, 7) is 0. The van der Waals surface area contributed by atoms with Gasteiger partial charge in [-0.1, -0.05) is 176 Å². The molecule has 374 valence electrons. The van der Waals surface area contributed by atoms with Gasteiger partial charge in [-0.2, -0.15) is 9.97 Å². The number of benzene rings is 10. The molecule has 0 bridgehead atoms. The van der Waals surface area contributed by atoms with Crippen molar-refractivity contribution < 1.29 is 0 Å². The van der Waals surface area contributed by atoms with Crippen molar-refractivity contribution in [2.75, 3.05) is 0 Å². The number of fused-ring (bicyclic) bond motifs is 8. The van der Waals surface area contributed by atoms with E-state index in [9.17, 15) is 0 Å². The van der Waals surface area contributed by atoms with Crippen molar-refractivity contribution in [2.24, 2.45) is 0 Å². The summed E-state index contributed by atoms with van der Waals surface area (Å²) in [6, 6.07) is 91.4. The fourth-order valence-corrected chi connectivity index (χ4v) is 11.7. The van der Waals surface area contributed by atoms with Gasteiger partial charge in [-0.3, -0.25) is 9.13 Å². The van der Waals surface area contributed by atoms with E-state index >= 15 is 0 Å². The third-order valence-electron chi connectivity index (χ3n) is 15.5. The van der Waals surface area contributed by atoms with Gasteiger partial charge in [-0.25, -0.2) is 15.0 Å². The van der Waals surface area contributed by atoms with E-state index < -0.39 is 0 Å². The van der Waals surface area contributed by atoms with Gasteiger partial charge in [0, 0.05) is 78.3 Å². The Morgan fingerprint density at radius 1 is 0.237 bits per heavy atom. The first-order chi connectivity index (χ1) is 39.6. The van der Waals surface area contributed by atoms with Gasteiger partial charge in [-0.05, 0) is 96.1 Å². The van der Waals surface area contributed by atoms with Crippen molar-refractivity contribution >= 4 is 65.4 Å². The van der Waals surface area contributed by atoms with Crippen LogP contribution in [0.15, 0.2) is 273 Å². The van der Waals surface area contributed by atoms with Crippen LogP contribution in [0.4, 0.5) is 0 Å². The van der Waals surface area contributed by atoms with E-state index in [1.807, 2.05) is 30.3 Å². The normalized spacial score (nSPS) is 11.8. The summed E-state index contributed by atoms with van der Waals surface area (Å²) in [5.41, 5.74) is 16.3. The summed E-state index contributed by atoms with van der Waals surface area (Å²) in [5, 5.41) is 6.75. The standard InChI is InChI=1S/C71H45N9/c1-5-18-47(19-6-1)60-45-61(48-20-7-2-8-21-48)73-70(72-60)79-62-30-15-13-28-56(62)58-44-65-52(41-66(58)79)37-39-78(65)55-34-32-46(33-35-55)50-24-17-25-53(40-50)69-74-68(49-22-9-3-10-23-49)75-71(76-69)80-63-31-16-14-29-57(63)59-43-64-51(42-67(59)80)36-38-77(64)54-26-11-4-12-27-54/h1-45H. The molecular weight excluding hydrogens is 979 g/mol. The van der Waals surface area contributed by atoms with Crippen LogP contribution < -0.4 is 0 Å². The summed E-state index contributed by atoms with van der Waals surface area (Å²) >= 11 is 0. The lowest BCUT2D eigenvalue weighted by atomic mass is 10.0. The highest BCUT2D eigenvalue weighted by Crippen LogP contribution is 2.39. The first-order valence-electron chi connectivity index (χ1n) is 26.8. The molecule has 0 atom stereocenters. The Morgan fingerprint density at radius 2 is 0.675 bits per heavy atom. The second-order valence-electron chi connectivity index (χ2n) is 20.2. The lowest BCUT2D eigenvalue weighted by Gasteiger charge is -2.12.